The molecule has 3 nitrogen and oxygen atoms in total. The molecule has 1 N–H and O–H groups in total. The molecule has 0 aliphatic heterocycles. The number of rotatable bonds is 3. The van der Waals surface area contributed by atoms with Crippen molar-refractivity contribution < 1.29 is 4.74 Å². The molecule has 4 heteroatoms. The van der Waals surface area contributed by atoms with E-state index in [1.54, 1.807) is 12.3 Å². The minimum absolute atomic E-state index is 0.0158. The first-order valence-electron chi connectivity index (χ1n) is 3.91. The number of H-pyrrole nitrogens is 1. The van der Waals surface area contributed by atoms with E-state index in [1.165, 1.54) is 0 Å². The van der Waals surface area contributed by atoms with Gasteiger partial charge in [-0.05, 0) is 19.9 Å². The fourth-order valence-electron chi connectivity index (χ4n) is 0.921. The second kappa shape index (κ2) is 4.33. The summed E-state index contributed by atoms with van der Waals surface area (Å²) >= 11 is 4.95. The van der Waals surface area contributed by atoms with Crippen molar-refractivity contribution in [1.82, 2.24) is 9.97 Å². The highest BCUT2D eigenvalue weighted by atomic mass is 32.1. The first-order valence-corrected chi connectivity index (χ1v) is 4.31. The third kappa shape index (κ3) is 2.39. The SMILES string of the molecule is CCOC(C)c1nccc(=S)[nH]1. The highest BCUT2D eigenvalue weighted by Gasteiger charge is 2.04. The summed E-state index contributed by atoms with van der Waals surface area (Å²) in [5.74, 6) is 0.782. The summed E-state index contributed by atoms with van der Waals surface area (Å²) in [5.41, 5.74) is 0. The Hall–Kier alpha value is -0.740. The average Bonchev–Trinajstić information content (AvgIpc) is 2.05. The van der Waals surface area contributed by atoms with Gasteiger partial charge in [0.25, 0.3) is 0 Å². The fraction of sp³-hybridized carbons (Fsp3) is 0.500. The van der Waals surface area contributed by atoms with Gasteiger partial charge in [0, 0.05) is 12.8 Å². The molecular formula is C8H12N2OS. The van der Waals surface area contributed by atoms with Gasteiger partial charge >= 0.3 is 0 Å². The van der Waals surface area contributed by atoms with Gasteiger partial charge < -0.3 is 9.72 Å². The molecule has 0 aliphatic carbocycles. The first kappa shape index (κ1) is 9.35. The maximum absolute atomic E-state index is 5.34. The molecule has 0 saturated carbocycles. The predicted molar refractivity (Wildman–Crippen MR) is 49.5 cm³/mol. The summed E-state index contributed by atoms with van der Waals surface area (Å²) in [6.45, 7) is 4.57. The summed E-state index contributed by atoms with van der Waals surface area (Å²) in [7, 11) is 0. The predicted octanol–water partition coefficient (Wildman–Crippen LogP) is 2.24. The van der Waals surface area contributed by atoms with Crippen LogP contribution in [0.25, 0.3) is 0 Å². The summed E-state index contributed by atoms with van der Waals surface area (Å²) < 4.78 is 6.03. The topological polar surface area (TPSA) is 37.9 Å². The molecule has 1 unspecified atom stereocenters. The lowest BCUT2D eigenvalue weighted by molar-refractivity contribution is 0.0700. The molecule has 1 atom stereocenters. The maximum Gasteiger partial charge on any atom is 0.135 e. The van der Waals surface area contributed by atoms with Crippen LogP contribution in [0.5, 0.6) is 0 Å². The lowest BCUT2D eigenvalue weighted by Gasteiger charge is -2.09. The molecule has 0 aliphatic rings. The fourth-order valence-corrected chi connectivity index (χ4v) is 1.09. The van der Waals surface area contributed by atoms with Gasteiger partial charge in [-0.25, -0.2) is 4.98 Å². The number of nitrogens with zero attached hydrogens (tertiary/aromatic N) is 1. The van der Waals surface area contributed by atoms with Gasteiger partial charge in [-0.2, -0.15) is 0 Å². The minimum Gasteiger partial charge on any atom is -0.371 e. The van der Waals surface area contributed by atoms with Gasteiger partial charge in [0.15, 0.2) is 0 Å². The largest absolute Gasteiger partial charge is 0.371 e. The molecule has 0 radical (unpaired) electrons. The zero-order valence-electron chi connectivity index (χ0n) is 7.20. The van der Waals surface area contributed by atoms with E-state index in [0.29, 0.717) is 11.2 Å². The first-order chi connectivity index (χ1) is 5.74. The van der Waals surface area contributed by atoms with Crippen molar-refractivity contribution in [2.24, 2.45) is 0 Å². The smallest absolute Gasteiger partial charge is 0.135 e. The van der Waals surface area contributed by atoms with Crippen LogP contribution in [0.3, 0.4) is 0 Å². The van der Waals surface area contributed by atoms with Crippen molar-refractivity contribution in [3.05, 3.63) is 22.7 Å². The van der Waals surface area contributed by atoms with Crippen LogP contribution in [0.2, 0.25) is 0 Å². The molecule has 1 aromatic heterocycles. The van der Waals surface area contributed by atoms with Crippen LogP contribution in [0.1, 0.15) is 25.8 Å². The highest BCUT2D eigenvalue weighted by Crippen LogP contribution is 2.09. The number of ether oxygens (including phenoxy) is 1. The summed E-state index contributed by atoms with van der Waals surface area (Å²) in [6.07, 6.45) is 1.67. The van der Waals surface area contributed by atoms with Gasteiger partial charge in [-0.15, -0.1) is 0 Å². The quantitative estimate of drug-likeness (QED) is 0.732. The van der Waals surface area contributed by atoms with Crippen LogP contribution in [0.4, 0.5) is 0 Å². The number of hydrogen-bond acceptors (Lipinski definition) is 3. The summed E-state index contributed by atoms with van der Waals surface area (Å²) in [4.78, 5) is 7.08. The van der Waals surface area contributed by atoms with Gasteiger partial charge in [-0.3, -0.25) is 0 Å². The van der Waals surface area contributed by atoms with E-state index in [9.17, 15) is 0 Å². The van der Waals surface area contributed by atoms with E-state index in [-0.39, 0.29) is 6.10 Å². The average molecular weight is 184 g/mol. The standard InChI is InChI=1S/C8H12N2OS/c1-3-11-6(2)8-9-5-4-7(12)10-8/h4-6H,3H2,1-2H3,(H,9,10,12). The number of hydrogen-bond donors (Lipinski definition) is 1. The Balaban J connectivity index is 2.80. The molecule has 12 heavy (non-hydrogen) atoms. The van der Waals surface area contributed by atoms with E-state index in [0.717, 1.165) is 5.82 Å². The van der Waals surface area contributed by atoms with E-state index in [1.807, 2.05) is 13.8 Å². The Morgan fingerprint density at radius 2 is 2.50 bits per heavy atom. The molecule has 1 aromatic rings. The van der Waals surface area contributed by atoms with Crippen LogP contribution in [-0.2, 0) is 4.74 Å². The Morgan fingerprint density at radius 1 is 1.75 bits per heavy atom. The third-order valence-electron chi connectivity index (χ3n) is 1.49. The normalized spacial score (nSPS) is 12.8. The van der Waals surface area contributed by atoms with Gasteiger partial charge in [0.05, 0.1) is 0 Å². The molecule has 0 aromatic carbocycles. The van der Waals surface area contributed by atoms with E-state index in [2.05, 4.69) is 9.97 Å². The minimum atomic E-state index is -0.0158. The third-order valence-corrected chi connectivity index (χ3v) is 1.73. The Labute approximate surface area is 76.8 Å². The molecule has 1 heterocycles. The molecular weight excluding hydrogens is 172 g/mol. The Kier molecular flexibility index (Phi) is 3.37. The number of aromatic amines is 1. The van der Waals surface area contributed by atoms with Gasteiger partial charge in [-0.1, -0.05) is 12.2 Å². The summed E-state index contributed by atoms with van der Waals surface area (Å²) in [6, 6.07) is 1.75. The maximum atomic E-state index is 5.34. The van der Waals surface area contributed by atoms with Crippen LogP contribution in [-0.4, -0.2) is 16.6 Å². The lowest BCUT2D eigenvalue weighted by Crippen LogP contribution is -2.04. The van der Waals surface area contributed by atoms with Crippen LogP contribution in [0.15, 0.2) is 12.3 Å². The second-order valence-electron chi connectivity index (χ2n) is 2.42. The molecule has 0 saturated heterocycles. The van der Waals surface area contributed by atoms with Gasteiger partial charge in [0.1, 0.15) is 16.6 Å². The van der Waals surface area contributed by atoms with E-state index >= 15 is 0 Å². The van der Waals surface area contributed by atoms with Crippen LogP contribution in [0, 0.1) is 4.64 Å². The van der Waals surface area contributed by atoms with Crippen molar-refractivity contribution in [1.29, 1.82) is 0 Å². The second-order valence-corrected chi connectivity index (χ2v) is 2.86. The van der Waals surface area contributed by atoms with Crippen molar-refractivity contribution in [3.63, 3.8) is 0 Å². The molecule has 0 spiro atoms. The van der Waals surface area contributed by atoms with Crippen LogP contribution >= 0.6 is 12.2 Å². The monoisotopic (exact) mass is 184 g/mol. The zero-order valence-corrected chi connectivity index (χ0v) is 8.02. The van der Waals surface area contributed by atoms with E-state index < -0.39 is 0 Å². The zero-order chi connectivity index (χ0) is 8.97. The van der Waals surface area contributed by atoms with Crippen molar-refractivity contribution in [2.45, 2.75) is 20.0 Å². The van der Waals surface area contributed by atoms with Crippen molar-refractivity contribution >= 4 is 12.2 Å². The van der Waals surface area contributed by atoms with Gasteiger partial charge in [0.2, 0.25) is 0 Å². The van der Waals surface area contributed by atoms with Crippen LogP contribution < -0.4 is 0 Å². The lowest BCUT2D eigenvalue weighted by atomic mass is 10.4. The van der Waals surface area contributed by atoms with Crippen molar-refractivity contribution in [3.8, 4) is 0 Å². The number of nitrogens with one attached hydrogen (secondary N) is 1. The molecule has 0 amide bonds. The highest BCUT2D eigenvalue weighted by molar-refractivity contribution is 7.71. The molecule has 66 valence electrons. The van der Waals surface area contributed by atoms with Crippen molar-refractivity contribution in [2.75, 3.05) is 6.61 Å². The molecule has 0 bridgehead atoms. The Morgan fingerprint density at radius 3 is 3.08 bits per heavy atom. The molecule has 1 rings (SSSR count). The Bertz CT molecular complexity index is 297. The molecule has 0 fully saturated rings. The van der Waals surface area contributed by atoms with E-state index in [4.69, 9.17) is 17.0 Å². The summed E-state index contributed by atoms with van der Waals surface area (Å²) in [5, 5.41) is 0. The number of aromatic nitrogens is 2.